The summed E-state index contributed by atoms with van der Waals surface area (Å²) in [6.45, 7) is 0.665. The van der Waals surface area contributed by atoms with Gasteiger partial charge in [0, 0.05) is 30.4 Å². The summed E-state index contributed by atoms with van der Waals surface area (Å²) in [6.07, 6.45) is 5.26. The first-order chi connectivity index (χ1) is 9.70. The van der Waals surface area contributed by atoms with Crippen LogP contribution in [0.25, 0.3) is 10.9 Å². The molecule has 1 aliphatic rings. The van der Waals surface area contributed by atoms with E-state index >= 15 is 0 Å². The Balaban J connectivity index is 1.83. The van der Waals surface area contributed by atoms with Crippen molar-refractivity contribution in [2.75, 3.05) is 13.6 Å². The second kappa shape index (κ2) is 5.29. The lowest BCUT2D eigenvalue weighted by atomic mass is 10.0. The number of benzene rings is 1. The Bertz CT molecular complexity index is 619. The van der Waals surface area contributed by atoms with Gasteiger partial charge in [0.2, 0.25) is 0 Å². The number of rotatable bonds is 3. The number of hydrogen-bond donors (Lipinski definition) is 2. The van der Waals surface area contributed by atoms with Crippen molar-refractivity contribution in [2.24, 2.45) is 11.7 Å². The minimum absolute atomic E-state index is 0.0897. The normalized spacial score (nSPS) is 22.3. The molecule has 1 aromatic heterocycles. The zero-order valence-electron chi connectivity index (χ0n) is 11.8. The van der Waals surface area contributed by atoms with Gasteiger partial charge in [-0.15, -0.1) is 0 Å². The molecule has 4 heteroatoms. The lowest BCUT2D eigenvalue weighted by Crippen LogP contribution is -2.41. The van der Waals surface area contributed by atoms with Crippen LogP contribution in [0.3, 0.4) is 0 Å². The second-order valence-electron chi connectivity index (χ2n) is 5.69. The minimum Gasteiger partial charge on any atom is -0.361 e. The molecule has 106 valence electrons. The van der Waals surface area contributed by atoms with Crippen molar-refractivity contribution in [3.8, 4) is 0 Å². The third-order valence-corrected chi connectivity index (χ3v) is 4.54. The molecular weight excluding hydrogens is 250 g/mol. The molecule has 0 aliphatic heterocycles. The average molecular weight is 271 g/mol. The largest absolute Gasteiger partial charge is 0.361 e. The van der Waals surface area contributed by atoms with Crippen molar-refractivity contribution in [3.05, 3.63) is 36.0 Å². The maximum absolute atomic E-state index is 12.6. The Morgan fingerprint density at radius 1 is 1.40 bits per heavy atom. The van der Waals surface area contributed by atoms with E-state index in [1.54, 1.807) is 0 Å². The molecular formula is C16H21N3O. The first-order valence-corrected chi connectivity index (χ1v) is 7.25. The van der Waals surface area contributed by atoms with Crippen LogP contribution in [0.1, 0.15) is 29.6 Å². The molecule has 1 fully saturated rings. The Kier molecular flexibility index (Phi) is 3.49. The van der Waals surface area contributed by atoms with E-state index in [4.69, 9.17) is 5.73 Å². The van der Waals surface area contributed by atoms with Crippen LogP contribution in [0.5, 0.6) is 0 Å². The number of nitrogens with zero attached hydrogens (tertiary/aromatic N) is 1. The number of aromatic nitrogens is 1. The molecule has 3 rings (SSSR count). The predicted molar refractivity (Wildman–Crippen MR) is 80.6 cm³/mol. The number of fused-ring (bicyclic) bond motifs is 1. The number of H-pyrrole nitrogens is 1. The molecule has 3 N–H and O–H groups in total. The lowest BCUT2D eigenvalue weighted by molar-refractivity contribution is 0.0700. The van der Waals surface area contributed by atoms with Crippen LogP contribution in [0.2, 0.25) is 0 Å². The van der Waals surface area contributed by atoms with Crippen LogP contribution in [0.15, 0.2) is 30.5 Å². The third-order valence-electron chi connectivity index (χ3n) is 4.54. The van der Waals surface area contributed by atoms with Gasteiger partial charge in [0.15, 0.2) is 0 Å². The van der Waals surface area contributed by atoms with E-state index in [-0.39, 0.29) is 11.9 Å². The average Bonchev–Trinajstić information content (AvgIpc) is 3.12. The standard InChI is InChI=1S/C16H21N3O/c1-19(15-4-2-3-13(15)10-17)16(20)12-6-5-11-7-8-18-14(11)9-12/h5-9,13,15,18H,2-4,10,17H2,1H3. The van der Waals surface area contributed by atoms with Crippen LogP contribution < -0.4 is 5.73 Å². The summed E-state index contributed by atoms with van der Waals surface area (Å²) < 4.78 is 0. The van der Waals surface area contributed by atoms with Gasteiger partial charge in [-0.05, 0) is 48.9 Å². The van der Waals surface area contributed by atoms with E-state index in [9.17, 15) is 4.79 Å². The maximum Gasteiger partial charge on any atom is 0.253 e. The Morgan fingerprint density at radius 2 is 2.25 bits per heavy atom. The van der Waals surface area contributed by atoms with Gasteiger partial charge in [0.05, 0.1) is 0 Å². The number of nitrogens with one attached hydrogen (secondary N) is 1. The van der Waals surface area contributed by atoms with E-state index < -0.39 is 0 Å². The number of hydrogen-bond acceptors (Lipinski definition) is 2. The molecule has 2 aromatic rings. The van der Waals surface area contributed by atoms with Crippen LogP contribution in [-0.4, -0.2) is 35.4 Å². The van der Waals surface area contributed by atoms with Gasteiger partial charge in [0.25, 0.3) is 5.91 Å². The zero-order chi connectivity index (χ0) is 14.1. The molecule has 2 unspecified atom stereocenters. The zero-order valence-corrected chi connectivity index (χ0v) is 11.8. The van der Waals surface area contributed by atoms with Gasteiger partial charge < -0.3 is 15.6 Å². The second-order valence-corrected chi connectivity index (χ2v) is 5.69. The summed E-state index contributed by atoms with van der Waals surface area (Å²) >= 11 is 0. The highest BCUT2D eigenvalue weighted by molar-refractivity contribution is 5.98. The number of aromatic amines is 1. The van der Waals surface area contributed by atoms with Gasteiger partial charge in [-0.3, -0.25) is 4.79 Å². The molecule has 0 saturated heterocycles. The highest BCUT2D eigenvalue weighted by atomic mass is 16.2. The Labute approximate surface area is 118 Å². The molecule has 1 saturated carbocycles. The van der Waals surface area contributed by atoms with Gasteiger partial charge in [-0.2, -0.15) is 0 Å². The third kappa shape index (κ3) is 2.20. The van der Waals surface area contributed by atoms with E-state index in [0.717, 1.165) is 29.3 Å². The van der Waals surface area contributed by atoms with Crippen LogP contribution in [0.4, 0.5) is 0 Å². The predicted octanol–water partition coefficient (Wildman–Crippen LogP) is 2.37. The van der Waals surface area contributed by atoms with E-state index in [2.05, 4.69) is 4.98 Å². The number of carbonyl (C=O) groups is 1. The summed E-state index contributed by atoms with van der Waals surface area (Å²) in [5.74, 6) is 0.532. The minimum atomic E-state index is 0.0897. The van der Waals surface area contributed by atoms with Crippen molar-refractivity contribution in [3.63, 3.8) is 0 Å². The SMILES string of the molecule is CN(C(=O)c1ccc2cc[nH]c2c1)C1CCCC1CN. The van der Waals surface area contributed by atoms with E-state index in [1.165, 1.54) is 6.42 Å². The molecule has 0 bridgehead atoms. The fourth-order valence-corrected chi connectivity index (χ4v) is 3.34. The van der Waals surface area contributed by atoms with Gasteiger partial charge in [0.1, 0.15) is 0 Å². The van der Waals surface area contributed by atoms with Gasteiger partial charge in [-0.1, -0.05) is 12.5 Å². The molecule has 0 spiro atoms. The molecule has 1 heterocycles. The molecule has 1 aromatic carbocycles. The molecule has 2 atom stereocenters. The van der Waals surface area contributed by atoms with E-state index in [0.29, 0.717) is 12.5 Å². The van der Waals surface area contributed by atoms with Crippen molar-refractivity contribution < 1.29 is 4.79 Å². The molecule has 1 aliphatic carbocycles. The molecule has 1 amide bonds. The first kappa shape index (κ1) is 13.2. The maximum atomic E-state index is 12.6. The highest BCUT2D eigenvalue weighted by Gasteiger charge is 2.32. The van der Waals surface area contributed by atoms with Crippen LogP contribution >= 0.6 is 0 Å². The number of carbonyl (C=O) groups excluding carboxylic acids is 1. The summed E-state index contributed by atoms with van der Waals surface area (Å²) in [5, 5.41) is 1.13. The van der Waals surface area contributed by atoms with Crippen molar-refractivity contribution in [2.45, 2.75) is 25.3 Å². The van der Waals surface area contributed by atoms with Gasteiger partial charge in [-0.25, -0.2) is 0 Å². The quantitative estimate of drug-likeness (QED) is 0.900. The molecule has 20 heavy (non-hydrogen) atoms. The highest BCUT2D eigenvalue weighted by Crippen LogP contribution is 2.29. The van der Waals surface area contributed by atoms with Crippen molar-refractivity contribution >= 4 is 16.8 Å². The lowest BCUT2D eigenvalue weighted by Gasteiger charge is -2.29. The van der Waals surface area contributed by atoms with Crippen molar-refractivity contribution in [1.82, 2.24) is 9.88 Å². The smallest absolute Gasteiger partial charge is 0.253 e. The molecule has 4 nitrogen and oxygen atoms in total. The summed E-state index contributed by atoms with van der Waals surface area (Å²) in [4.78, 5) is 17.7. The van der Waals surface area contributed by atoms with Crippen molar-refractivity contribution in [1.29, 1.82) is 0 Å². The number of amides is 1. The summed E-state index contributed by atoms with van der Waals surface area (Å²) in [7, 11) is 1.90. The number of nitrogens with two attached hydrogens (primary N) is 1. The van der Waals surface area contributed by atoms with Crippen LogP contribution in [0, 0.1) is 5.92 Å². The summed E-state index contributed by atoms with van der Waals surface area (Å²) in [6, 6.07) is 8.12. The monoisotopic (exact) mass is 271 g/mol. The van der Waals surface area contributed by atoms with E-state index in [1.807, 2.05) is 42.4 Å². The molecule has 0 radical (unpaired) electrons. The fraction of sp³-hybridized carbons (Fsp3) is 0.438. The Hall–Kier alpha value is -1.81. The first-order valence-electron chi connectivity index (χ1n) is 7.25. The fourth-order valence-electron chi connectivity index (χ4n) is 3.34. The topological polar surface area (TPSA) is 62.1 Å². The Morgan fingerprint density at radius 3 is 3.05 bits per heavy atom. The van der Waals surface area contributed by atoms with Gasteiger partial charge >= 0.3 is 0 Å². The summed E-state index contributed by atoms with van der Waals surface area (Å²) in [5.41, 5.74) is 7.56. The van der Waals surface area contributed by atoms with Crippen LogP contribution in [-0.2, 0) is 0 Å².